The van der Waals surface area contributed by atoms with Crippen LogP contribution in [0.3, 0.4) is 0 Å². The van der Waals surface area contributed by atoms with E-state index in [0.29, 0.717) is 13.8 Å². The van der Waals surface area contributed by atoms with Gasteiger partial charge < -0.3 is 0 Å². The van der Waals surface area contributed by atoms with Crippen LogP contribution < -0.4 is 0 Å². The van der Waals surface area contributed by atoms with Crippen molar-refractivity contribution in [1.29, 1.82) is 0 Å². The standard InChI is InChI=1S/C14H10F17NO/c1-4-32(6(33)5(2)3)14(30,31)12(25,26)10(21,22)8(17,18)7(15,16)9(19,20)11(23,24)13(27,28)29/h2,4H2,1,3H3. The molecular weight excluding hydrogens is 521 g/mol. The Balaban J connectivity index is 6.94. The van der Waals surface area contributed by atoms with Crippen molar-refractivity contribution in [2.45, 2.75) is 61.6 Å². The molecule has 0 heterocycles. The molecule has 0 saturated carbocycles. The lowest BCUT2D eigenvalue weighted by molar-refractivity contribution is -0.466. The molecule has 2 nitrogen and oxygen atoms in total. The van der Waals surface area contributed by atoms with Crippen molar-refractivity contribution >= 4 is 5.91 Å². The maximum absolute atomic E-state index is 14.0. The SMILES string of the molecule is C=C(C)C(=O)N(CC)C(F)(F)C(F)(F)C(F)(F)C(F)(F)C(F)(F)C(F)(F)C(F)(F)C(F)(F)F. The first-order chi connectivity index (χ1) is 14.1. The van der Waals surface area contributed by atoms with Crippen LogP contribution in [0.15, 0.2) is 12.2 Å². The first-order valence-electron chi connectivity index (χ1n) is 7.74. The van der Waals surface area contributed by atoms with Crippen LogP contribution in [0.2, 0.25) is 0 Å². The van der Waals surface area contributed by atoms with Crippen LogP contribution in [0.4, 0.5) is 74.6 Å². The number of amides is 1. The molecule has 0 aliphatic heterocycles. The van der Waals surface area contributed by atoms with Gasteiger partial charge in [0.15, 0.2) is 0 Å². The molecule has 0 aliphatic carbocycles. The molecule has 0 atom stereocenters. The van der Waals surface area contributed by atoms with Gasteiger partial charge in [-0.2, -0.15) is 74.6 Å². The maximum Gasteiger partial charge on any atom is 0.460 e. The lowest BCUT2D eigenvalue weighted by Crippen LogP contribution is -2.76. The molecule has 0 radical (unpaired) electrons. The van der Waals surface area contributed by atoms with Gasteiger partial charge in [-0.05, 0) is 13.8 Å². The van der Waals surface area contributed by atoms with E-state index in [1.54, 1.807) is 0 Å². The molecular formula is C14H10F17NO. The predicted octanol–water partition coefficient (Wildman–Crippen LogP) is 6.38. The minimum absolute atomic E-state index is 0.341. The van der Waals surface area contributed by atoms with Gasteiger partial charge in [0, 0.05) is 12.1 Å². The number of hydrogen-bond acceptors (Lipinski definition) is 1. The third kappa shape index (κ3) is 3.97. The van der Waals surface area contributed by atoms with E-state index in [9.17, 15) is 79.4 Å². The van der Waals surface area contributed by atoms with Gasteiger partial charge in [-0.25, -0.2) is 0 Å². The fraction of sp³-hybridized carbons (Fsp3) is 0.786. The number of nitrogens with zero attached hydrogens (tertiary/aromatic N) is 1. The molecule has 0 spiro atoms. The Morgan fingerprint density at radius 2 is 0.879 bits per heavy atom. The van der Waals surface area contributed by atoms with E-state index in [1.807, 2.05) is 0 Å². The van der Waals surface area contributed by atoms with Crippen LogP contribution in [0.1, 0.15) is 13.8 Å². The minimum Gasteiger partial charge on any atom is -0.275 e. The fourth-order valence-corrected chi connectivity index (χ4v) is 2.03. The number of rotatable bonds is 9. The van der Waals surface area contributed by atoms with Gasteiger partial charge in [0.25, 0.3) is 5.91 Å². The number of hydrogen-bond donors (Lipinski definition) is 0. The third-order valence-corrected chi connectivity index (χ3v) is 3.97. The fourth-order valence-electron chi connectivity index (χ4n) is 2.03. The number of likely N-dealkylation sites (N-methyl/N-ethyl adjacent to an activating group) is 1. The van der Waals surface area contributed by atoms with Crippen molar-refractivity contribution in [3.05, 3.63) is 12.2 Å². The second-order valence-corrected chi connectivity index (χ2v) is 6.32. The molecule has 19 heteroatoms. The highest BCUT2D eigenvalue weighted by Gasteiger charge is 2.95. The van der Waals surface area contributed by atoms with Crippen LogP contribution in [-0.2, 0) is 4.79 Å². The largest absolute Gasteiger partial charge is 0.460 e. The molecule has 0 bridgehead atoms. The summed E-state index contributed by atoms with van der Waals surface area (Å²) in [4.78, 5) is 9.81. The Kier molecular flexibility index (Phi) is 7.57. The lowest BCUT2D eigenvalue weighted by Gasteiger charge is -2.44. The molecule has 0 unspecified atom stereocenters. The number of carbonyl (C=O) groups is 1. The number of alkyl halides is 17. The maximum atomic E-state index is 14.0. The van der Waals surface area contributed by atoms with E-state index in [-0.39, 0.29) is 0 Å². The Morgan fingerprint density at radius 3 is 1.12 bits per heavy atom. The molecule has 0 saturated heterocycles. The first kappa shape index (κ1) is 31.0. The second kappa shape index (κ2) is 8.06. The summed E-state index contributed by atoms with van der Waals surface area (Å²) in [7, 11) is 0. The van der Waals surface area contributed by atoms with E-state index in [2.05, 4.69) is 6.58 Å². The summed E-state index contributed by atoms with van der Waals surface area (Å²) in [5.41, 5.74) is -1.14. The smallest absolute Gasteiger partial charge is 0.275 e. The van der Waals surface area contributed by atoms with E-state index in [0.717, 1.165) is 0 Å². The van der Waals surface area contributed by atoms with Crippen molar-refractivity contribution in [3.8, 4) is 0 Å². The Labute approximate surface area is 172 Å². The van der Waals surface area contributed by atoms with Crippen molar-refractivity contribution in [3.63, 3.8) is 0 Å². The molecule has 33 heavy (non-hydrogen) atoms. The van der Waals surface area contributed by atoms with Crippen molar-refractivity contribution < 1.29 is 79.4 Å². The topological polar surface area (TPSA) is 20.3 Å². The first-order valence-corrected chi connectivity index (χ1v) is 7.74. The average Bonchev–Trinajstić information content (AvgIpc) is 2.59. The summed E-state index contributed by atoms with van der Waals surface area (Å²) in [6, 6.07) is -6.91. The summed E-state index contributed by atoms with van der Waals surface area (Å²) in [6.07, 6.45) is -7.81. The summed E-state index contributed by atoms with van der Waals surface area (Å²) in [5.74, 6) is -52.9. The molecule has 0 aliphatic rings. The average molecular weight is 531 g/mol. The van der Waals surface area contributed by atoms with Crippen molar-refractivity contribution in [1.82, 2.24) is 4.90 Å². The van der Waals surface area contributed by atoms with Crippen molar-refractivity contribution in [2.75, 3.05) is 6.54 Å². The van der Waals surface area contributed by atoms with Crippen LogP contribution in [-0.4, -0.2) is 65.1 Å². The molecule has 0 aromatic rings. The van der Waals surface area contributed by atoms with E-state index < -0.39 is 70.7 Å². The third-order valence-electron chi connectivity index (χ3n) is 3.97. The van der Waals surface area contributed by atoms with Gasteiger partial charge in [-0.3, -0.25) is 9.69 Å². The number of halogens is 17. The van der Waals surface area contributed by atoms with Crippen LogP contribution in [0, 0.1) is 0 Å². The van der Waals surface area contributed by atoms with Crippen LogP contribution >= 0.6 is 0 Å². The molecule has 0 aromatic heterocycles. The Hall–Kier alpha value is -1.98. The van der Waals surface area contributed by atoms with Crippen LogP contribution in [0.25, 0.3) is 0 Å². The predicted molar refractivity (Wildman–Crippen MR) is 72.9 cm³/mol. The highest BCUT2D eigenvalue weighted by Crippen LogP contribution is 2.64. The van der Waals surface area contributed by atoms with Gasteiger partial charge in [-0.15, -0.1) is 0 Å². The monoisotopic (exact) mass is 531 g/mol. The van der Waals surface area contributed by atoms with Gasteiger partial charge in [0.05, 0.1) is 0 Å². The van der Waals surface area contributed by atoms with Crippen molar-refractivity contribution in [2.24, 2.45) is 0 Å². The molecule has 196 valence electrons. The van der Waals surface area contributed by atoms with Gasteiger partial charge >= 0.3 is 47.8 Å². The quantitative estimate of drug-likeness (QED) is 0.192. The zero-order chi connectivity index (χ0) is 27.4. The van der Waals surface area contributed by atoms with Crippen LogP contribution in [0.5, 0.6) is 0 Å². The zero-order valence-electron chi connectivity index (χ0n) is 15.7. The minimum atomic E-state index is -8.71. The second-order valence-electron chi connectivity index (χ2n) is 6.32. The van der Waals surface area contributed by atoms with Gasteiger partial charge in [0.1, 0.15) is 0 Å². The highest BCUT2D eigenvalue weighted by atomic mass is 19.4. The summed E-state index contributed by atoms with van der Waals surface area (Å²) >= 11 is 0. The normalized spacial score (nSPS) is 15.5. The van der Waals surface area contributed by atoms with Gasteiger partial charge in [-0.1, -0.05) is 6.58 Å². The molecule has 0 rings (SSSR count). The summed E-state index contributed by atoms with van der Waals surface area (Å²) in [6.45, 7) is 1.74. The van der Waals surface area contributed by atoms with E-state index in [4.69, 9.17) is 0 Å². The Morgan fingerprint density at radius 1 is 0.606 bits per heavy atom. The number of carbonyl (C=O) groups excluding carboxylic acids is 1. The van der Waals surface area contributed by atoms with E-state index in [1.165, 1.54) is 0 Å². The molecule has 0 fully saturated rings. The molecule has 0 aromatic carbocycles. The molecule has 1 amide bonds. The van der Waals surface area contributed by atoms with E-state index >= 15 is 0 Å². The summed E-state index contributed by atoms with van der Waals surface area (Å²) in [5, 5.41) is 0. The lowest BCUT2D eigenvalue weighted by atomic mass is 9.90. The highest BCUT2D eigenvalue weighted by molar-refractivity contribution is 5.92. The Bertz CT molecular complexity index is 766. The van der Waals surface area contributed by atoms with Gasteiger partial charge in [0.2, 0.25) is 0 Å². The summed E-state index contributed by atoms with van der Waals surface area (Å²) < 4.78 is 224. The molecule has 0 N–H and O–H groups in total. The zero-order valence-corrected chi connectivity index (χ0v) is 15.7.